The zero-order valence-electron chi connectivity index (χ0n) is 32.6. The summed E-state index contributed by atoms with van der Waals surface area (Å²) >= 11 is 0. The van der Waals surface area contributed by atoms with E-state index in [-0.39, 0.29) is 11.1 Å². The molecule has 2 heterocycles. The summed E-state index contributed by atoms with van der Waals surface area (Å²) in [6.07, 6.45) is 5.92. The van der Waals surface area contributed by atoms with Crippen LogP contribution in [0, 0.1) is 0 Å². The molecule has 2 aromatic heterocycles. The van der Waals surface area contributed by atoms with Gasteiger partial charge in [0, 0.05) is 33.1 Å². The fourth-order valence-electron chi connectivity index (χ4n) is 9.75. The monoisotopic (exact) mass is 768 g/mol. The maximum absolute atomic E-state index is 14.0. The predicted molar refractivity (Wildman–Crippen MR) is 251 cm³/mol. The van der Waals surface area contributed by atoms with Crippen LogP contribution < -0.4 is 11.1 Å². The van der Waals surface area contributed by atoms with Gasteiger partial charge in [0.15, 0.2) is 0 Å². The number of rotatable bonds is 4. The first kappa shape index (κ1) is 34.2. The smallest absolute Gasteiger partial charge is 0.263 e. The van der Waals surface area contributed by atoms with Crippen LogP contribution in [0.15, 0.2) is 198 Å². The van der Waals surface area contributed by atoms with Gasteiger partial charge in [-0.2, -0.15) is 0 Å². The van der Waals surface area contributed by atoms with Gasteiger partial charge in [-0.3, -0.25) is 18.7 Å². The second-order valence-corrected chi connectivity index (χ2v) is 15.9. The molecule has 4 nitrogen and oxygen atoms in total. The fourth-order valence-corrected chi connectivity index (χ4v) is 9.75. The van der Waals surface area contributed by atoms with Crippen LogP contribution in [-0.4, -0.2) is 9.13 Å². The lowest BCUT2D eigenvalue weighted by atomic mass is 9.89. The minimum Gasteiger partial charge on any atom is -0.277 e. The van der Waals surface area contributed by atoms with Crippen molar-refractivity contribution in [2.75, 3.05) is 0 Å². The van der Waals surface area contributed by atoms with E-state index < -0.39 is 0 Å². The van der Waals surface area contributed by atoms with E-state index in [9.17, 15) is 9.59 Å². The first-order valence-corrected chi connectivity index (χ1v) is 20.6. The summed E-state index contributed by atoms with van der Waals surface area (Å²) in [6, 6.07) is 63.2. The van der Waals surface area contributed by atoms with Gasteiger partial charge in [0.05, 0.1) is 11.0 Å². The molecule has 0 fully saturated rings. The highest BCUT2D eigenvalue weighted by molar-refractivity contribution is 6.26. The second-order valence-electron chi connectivity index (χ2n) is 15.9. The Labute approximate surface area is 345 Å². The molecule has 4 heteroatoms. The van der Waals surface area contributed by atoms with Crippen molar-refractivity contribution >= 4 is 71.0 Å². The Morgan fingerprint density at radius 1 is 0.350 bits per heavy atom. The first-order valence-electron chi connectivity index (χ1n) is 20.6. The van der Waals surface area contributed by atoms with E-state index in [1.807, 2.05) is 88.0 Å². The summed E-state index contributed by atoms with van der Waals surface area (Å²) in [6.45, 7) is 0. The van der Waals surface area contributed by atoms with Crippen molar-refractivity contribution < 1.29 is 0 Å². The van der Waals surface area contributed by atoms with E-state index >= 15 is 0 Å². The van der Waals surface area contributed by atoms with Crippen LogP contribution in [0.5, 0.6) is 0 Å². The van der Waals surface area contributed by atoms with Crippen LogP contribution >= 0.6 is 0 Å². The lowest BCUT2D eigenvalue weighted by Gasteiger charge is -2.19. The van der Waals surface area contributed by atoms with Crippen molar-refractivity contribution in [3.05, 3.63) is 220 Å². The molecule has 282 valence electrons. The standard InChI is InChI=1S/C56H36N2O2/c59-55-47-21-11-9-19-43(47)51-33-37(25-29-53(51)57(55)39-13-3-1-4-14-39)35-23-27-45-41-17-7-8-18-42(41)46-28-24-36(32-50(46)49(45)31-35)38-26-30-54-52(34-38)44-20-10-12-22-48(44)56(60)58(54)40-15-5-2-6-16-40/h1-11,13-21,23-34H,12,22H2. The average molecular weight is 769 g/mol. The number of pyridine rings is 2. The number of hydrogen-bond donors (Lipinski definition) is 0. The van der Waals surface area contributed by atoms with Crippen molar-refractivity contribution in [1.82, 2.24) is 9.13 Å². The Bertz CT molecular complexity index is 3750. The Hall–Kier alpha value is -7.82. The fraction of sp³-hybridized carbons (Fsp3) is 0.0357. The first-order chi connectivity index (χ1) is 29.6. The number of aromatic nitrogens is 2. The van der Waals surface area contributed by atoms with Crippen molar-refractivity contribution in [3.8, 4) is 33.6 Å². The third-order valence-electron chi connectivity index (χ3n) is 12.6. The van der Waals surface area contributed by atoms with Gasteiger partial charge < -0.3 is 0 Å². The molecule has 0 spiro atoms. The normalized spacial score (nSPS) is 12.6. The summed E-state index contributed by atoms with van der Waals surface area (Å²) in [4.78, 5) is 28.0. The van der Waals surface area contributed by atoms with Crippen molar-refractivity contribution in [1.29, 1.82) is 0 Å². The molecular weight excluding hydrogens is 733 g/mol. The van der Waals surface area contributed by atoms with Crippen LogP contribution in [-0.2, 0) is 6.42 Å². The third kappa shape index (κ3) is 5.17. The number of allylic oxidation sites excluding steroid dienone is 1. The van der Waals surface area contributed by atoms with Gasteiger partial charge in [-0.05, 0) is 145 Å². The number of nitrogens with zero attached hydrogens (tertiary/aromatic N) is 2. The van der Waals surface area contributed by atoms with Gasteiger partial charge in [-0.25, -0.2) is 0 Å². The molecule has 1 aliphatic rings. The van der Waals surface area contributed by atoms with Gasteiger partial charge in [0.1, 0.15) is 0 Å². The SMILES string of the molecule is O=c1c2c(c3cc(-c4ccc5c6ccccc6c6ccc(-c7ccc8c(c7)c7ccccc7c(=O)n8-c7ccccc7)cc6c5c4)ccc3n1-c1ccccc1)C=CCC2. The van der Waals surface area contributed by atoms with Crippen LogP contribution in [0.1, 0.15) is 17.5 Å². The topological polar surface area (TPSA) is 44.0 Å². The van der Waals surface area contributed by atoms with Crippen molar-refractivity contribution in [2.45, 2.75) is 12.8 Å². The highest BCUT2D eigenvalue weighted by Crippen LogP contribution is 2.40. The highest BCUT2D eigenvalue weighted by atomic mass is 16.1. The molecule has 0 aliphatic heterocycles. The quantitative estimate of drug-likeness (QED) is 0.167. The predicted octanol–water partition coefficient (Wildman–Crippen LogP) is 13.2. The molecule has 0 bridgehead atoms. The zero-order valence-corrected chi connectivity index (χ0v) is 32.6. The van der Waals surface area contributed by atoms with E-state index in [0.717, 1.165) is 84.8 Å². The Kier molecular flexibility index (Phi) is 7.63. The summed E-state index contributed by atoms with van der Waals surface area (Å²) in [5.74, 6) is 0. The summed E-state index contributed by atoms with van der Waals surface area (Å²) in [5.41, 5.74) is 9.87. The molecule has 0 N–H and O–H groups in total. The largest absolute Gasteiger partial charge is 0.277 e. The minimum absolute atomic E-state index is 0.0229. The van der Waals surface area contributed by atoms with E-state index in [4.69, 9.17) is 0 Å². The molecule has 0 radical (unpaired) electrons. The lowest BCUT2D eigenvalue weighted by Crippen LogP contribution is -2.25. The average Bonchev–Trinajstić information content (AvgIpc) is 3.32. The molecule has 1 aliphatic carbocycles. The molecular formula is C56H36N2O2. The van der Waals surface area contributed by atoms with Gasteiger partial charge in [-0.15, -0.1) is 0 Å². The van der Waals surface area contributed by atoms with Crippen LogP contribution in [0.3, 0.4) is 0 Å². The van der Waals surface area contributed by atoms with E-state index in [2.05, 4.69) is 115 Å². The zero-order chi connectivity index (χ0) is 39.9. The molecule has 11 aromatic rings. The van der Waals surface area contributed by atoms with Crippen LogP contribution in [0.4, 0.5) is 0 Å². The number of para-hydroxylation sites is 2. The maximum atomic E-state index is 14.0. The molecule has 60 heavy (non-hydrogen) atoms. The van der Waals surface area contributed by atoms with Crippen LogP contribution in [0.25, 0.3) is 105 Å². The minimum atomic E-state index is -0.0229. The molecule has 0 amide bonds. The molecule has 0 saturated carbocycles. The third-order valence-corrected chi connectivity index (χ3v) is 12.6. The van der Waals surface area contributed by atoms with Crippen molar-refractivity contribution in [3.63, 3.8) is 0 Å². The second kappa shape index (κ2) is 13.4. The lowest BCUT2D eigenvalue weighted by molar-refractivity contribution is 0.919. The highest BCUT2D eigenvalue weighted by Gasteiger charge is 2.20. The number of fused-ring (bicyclic) bond motifs is 12. The number of hydrogen-bond acceptors (Lipinski definition) is 2. The molecule has 9 aromatic carbocycles. The van der Waals surface area contributed by atoms with E-state index in [1.54, 1.807) is 0 Å². The summed E-state index contributed by atoms with van der Waals surface area (Å²) < 4.78 is 3.72. The summed E-state index contributed by atoms with van der Waals surface area (Å²) in [7, 11) is 0. The van der Waals surface area contributed by atoms with E-state index in [0.29, 0.717) is 5.39 Å². The molecule has 12 rings (SSSR count). The van der Waals surface area contributed by atoms with Gasteiger partial charge in [-0.1, -0.05) is 127 Å². The Balaban J connectivity index is 1.08. The molecule has 0 unspecified atom stereocenters. The van der Waals surface area contributed by atoms with Gasteiger partial charge in [0.25, 0.3) is 11.1 Å². The molecule has 0 atom stereocenters. The number of benzene rings is 9. The Morgan fingerprint density at radius 3 is 1.33 bits per heavy atom. The maximum Gasteiger partial charge on any atom is 0.263 e. The van der Waals surface area contributed by atoms with Crippen LogP contribution in [0.2, 0.25) is 0 Å². The van der Waals surface area contributed by atoms with E-state index in [1.165, 1.54) is 32.3 Å². The Morgan fingerprint density at radius 2 is 0.767 bits per heavy atom. The van der Waals surface area contributed by atoms with Crippen molar-refractivity contribution in [2.24, 2.45) is 0 Å². The molecule has 0 saturated heterocycles. The van der Waals surface area contributed by atoms with Gasteiger partial charge in [0.2, 0.25) is 0 Å². The van der Waals surface area contributed by atoms with Gasteiger partial charge >= 0.3 is 0 Å². The summed E-state index contributed by atoms with van der Waals surface area (Å²) in [5, 5.41) is 11.0.